The normalized spacial score (nSPS) is 10.9. The van der Waals surface area contributed by atoms with Gasteiger partial charge in [-0.25, -0.2) is 15.0 Å². The van der Waals surface area contributed by atoms with Crippen molar-refractivity contribution < 1.29 is 4.74 Å². The summed E-state index contributed by atoms with van der Waals surface area (Å²) in [5, 5.41) is 0.863. The smallest absolute Gasteiger partial charge is 0.181 e. The van der Waals surface area contributed by atoms with Crippen molar-refractivity contribution in [2.24, 2.45) is 0 Å². The van der Waals surface area contributed by atoms with Crippen molar-refractivity contribution in [3.05, 3.63) is 36.4 Å². The molecule has 3 rings (SSSR count). The number of aromatic nitrogens is 4. The summed E-state index contributed by atoms with van der Waals surface area (Å²) in [6.45, 7) is 2.59. The van der Waals surface area contributed by atoms with Gasteiger partial charge in [-0.05, 0) is 25.1 Å². The van der Waals surface area contributed by atoms with Crippen LogP contribution in [-0.2, 0) is 5.75 Å². The van der Waals surface area contributed by atoms with E-state index in [1.165, 1.54) is 6.33 Å². The van der Waals surface area contributed by atoms with Gasteiger partial charge < -0.3 is 15.5 Å². The lowest BCUT2D eigenvalue weighted by molar-refractivity contribution is 0.337. The Balaban J connectivity index is 1.84. The zero-order valence-corrected chi connectivity index (χ0v) is 12.4. The molecule has 7 heteroatoms. The molecule has 0 aliphatic rings. The largest absolute Gasteiger partial charge is 0.494 e. The lowest BCUT2D eigenvalue weighted by atomic mass is 10.2. The molecule has 0 spiro atoms. The van der Waals surface area contributed by atoms with Crippen molar-refractivity contribution in [3.63, 3.8) is 0 Å². The van der Waals surface area contributed by atoms with Crippen LogP contribution < -0.4 is 10.5 Å². The lowest BCUT2D eigenvalue weighted by Crippen LogP contribution is -1.97. The van der Waals surface area contributed by atoms with Crippen LogP contribution in [0.25, 0.3) is 11.2 Å². The van der Waals surface area contributed by atoms with E-state index in [0.717, 1.165) is 27.5 Å². The monoisotopic (exact) mass is 301 g/mol. The van der Waals surface area contributed by atoms with Crippen LogP contribution >= 0.6 is 11.8 Å². The maximum Gasteiger partial charge on any atom is 0.181 e. The first-order valence-electron chi connectivity index (χ1n) is 6.56. The zero-order chi connectivity index (χ0) is 14.7. The van der Waals surface area contributed by atoms with Gasteiger partial charge in [0.05, 0.1) is 12.9 Å². The molecule has 0 amide bonds. The van der Waals surface area contributed by atoms with Gasteiger partial charge in [0.1, 0.15) is 22.6 Å². The number of fused-ring (bicyclic) bond motifs is 1. The first-order chi connectivity index (χ1) is 10.3. The van der Waals surface area contributed by atoms with Crippen molar-refractivity contribution in [3.8, 4) is 5.75 Å². The fourth-order valence-electron chi connectivity index (χ4n) is 2.01. The van der Waals surface area contributed by atoms with Crippen LogP contribution in [0.2, 0.25) is 0 Å². The van der Waals surface area contributed by atoms with Crippen LogP contribution in [0.1, 0.15) is 12.5 Å². The fraction of sp³-hybridized carbons (Fsp3) is 0.214. The summed E-state index contributed by atoms with van der Waals surface area (Å²) in [5.41, 5.74) is 9.16. The lowest BCUT2D eigenvalue weighted by Gasteiger charge is -2.10. The summed E-state index contributed by atoms with van der Waals surface area (Å²) in [7, 11) is 0. The van der Waals surface area contributed by atoms with Gasteiger partial charge >= 0.3 is 0 Å². The molecule has 0 aliphatic heterocycles. The highest BCUT2D eigenvalue weighted by atomic mass is 32.2. The second-order valence-corrected chi connectivity index (χ2v) is 5.33. The highest BCUT2D eigenvalue weighted by Crippen LogP contribution is 2.30. The molecule has 108 valence electrons. The van der Waals surface area contributed by atoms with Gasteiger partial charge in [0.2, 0.25) is 0 Å². The van der Waals surface area contributed by atoms with Crippen LogP contribution in [0, 0.1) is 0 Å². The number of hydrogen-bond donors (Lipinski definition) is 2. The second-order valence-electron chi connectivity index (χ2n) is 4.37. The van der Waals surface area contributed by atoms with Crippen LogP contribution in [-0.4, -0.2) is 26.5 Å². The number of hydrogen-bond acceptors (Lipinski definition) is 6. The van der Waals surface area contributed by atoms with Crippen molar-refractivity contribution in [2.75, 3.05) is 12.3 Å². The Hall–Kier alpha value is -2.28. The minimum atomic E-state index is 0.625. The van der Waals surface area contributed by atoms with Crippen LogP contribution in [0.4, 0.5) is 5.69 Å². The Morgan fingerprint density at radius 2 is 2.19 bits per heavy atom. The summed E-state index contributed by atoms with van der Waals surface area (Å²) in [6.07, 6.45) is 3.14. The zero-order valence-electron chi connectivity index (χ0n) is 11.5. The SMILES string of the molecule is CCOc1ccc(N)cc1CSc1ncnc2nc[nH]c12. The molecule has 0 unspecified atom stereocenters. The van der Waals surface area contributed by atoms with Crippen LogP contribution in [0.3, 0.4) is 0 Å². The molecule has 0 atom stereocenters. The summed E-state index contributed by atoms with van der Waals surface area (Å²) in [6, 6.07) is 5.68. The maximum absolute atomic E-state index is 5.86. The number of nitrogens with one attached hydrogen (secondary N) is 1. The number of ether oxygens (including phenoxy) is 1. The first-order valence-corrected chi connectivity index (χ1v) is 7.54. The van der Waals surface area contributed by atoms with E-state index in [0.29, 0.717) is 18.0 Å². The number of imidazole rings is 1. The first kappa shape index (κ1) is 13.7. The van der Waals surface area contributed by atoms with Crippen molar-refractivity contribution in [2.45, 2.75) is 17.7 Å². The summed E-state index contributed by atoms with van der Waals surface area (Å²) in [4.78, 5) is 15.6. The molecule has 21 heavy (non-hydrogen) atoms. The number of nitrogen functional groups attached to an aromatic ring is 1. The van der Waals surface area contributed by atoms with Gasteiger partial charge in [-0.3, -0.25) is 0 Å². The van der Waals surface area contributed by atoms with E-state index in [9.17, 15) is 0 Å². The van der Waals surface area contributed by atoms with Crippen LogP contribution in [0.15, 0.2) is 35.9 Å². The molecule has 0 saturated carbocycles. The summed E-state index contributed by atoms with van der Waals surface area (Å²) < 4.78 is 5.63. The van der Waals surface area contributed by atoms with Crippen molar-refractivity contribution >= 4 is 28.6 Å². The van der Waals surface area contributed by atoms with E-state index in [2.05, 4.69) is 19.9 Å². The number of thioether (sulfide) groups is 1. The number of nitrogens with two attached hydrogens (primary N) is 1. The number of H-pyrrole nitrogens is 1. The topological polar surface area (TPSA) is 89.7 Å². The standard InChI is InChI=1S/C14H15N5OS/c1-2-20-11-4-3-10(15)5-9(11)6-21-14-12-13(17-7-16-12)18-8-19-14/h3-5,7-8H,2,6,15H2,1H3,(H,16,17,18,19). The van der Waals surface area contributed by atoms with Crippen LogP contribution in [0.5, 0.6) is 5.75 Å². The quantitative estimate of drug-likeness (QED) is 0.428. The third kappa shape index (κ3) is 2.92. The Morgan fingerprint density at radius 3 is 3.05 bits per heavy atom. The molecular weight excluding hydrogens is 286 g/mol. The third-order valence-corrected chi connectivity index (χ3v) is 3.98. The van der Waals surface area contributed by atoms with E-state index < -0.39 is 0 Å². The minimum Gasteiger partial charge on any atom is -0.494 e. The number of nitrogens with zero attached hydrogens (tertiary/aromatic N) is 3. The number of rotatable bonds is 5. The number of benzene rings is 1. The average Bonchev–Trinajstić information content (AvgIpc) is 2.96. The van der Waals surface area contributed by atoms with Gasteiger partial charge in [0.15, 0.2) is 5.65 Å². The molecule has 0 bridgehead atoms. The molecular formula is C14H15N5OS. The van der Waals surface area contributed by atoms with E-state index in [1.807, 2.05) is 25.1 Å². The molecule has 0 radical (unpaired) electrons. The molecule has 0 saturated heterocycles. The second kappa shape index (κ2) is 6.01. The van der Waals surface area contributed by atoms with Gasteiger partial charge in [-0.15, -0.1) is 0 Å². The summed E-state index contributed by atoms with van der Waals surface area (Å²) >= 11 is 1.60. The van der Waals surface area contributed by atoms with Gasteiger partial charge in [0, 0.05) is 17.0 Å². The molecule has 2 aromatic heterocycles. The third-order valence-electron chi connectivity index (χ3n) is 2.94. The fourth-order valence-corrected chi connectivity index (χ4v) is 2.94. The highest BCUT2D eigenvalue weighted by Gasteiger charge is 2.09. The molecule has 3 N–H and O–H groups in total. The Bertz CT molecular complexity index is 758. The molecule has 3 aromatic rings. The molecule has 0 aliphatic carbocycles. The van der Waals surface area contributed by atoms with Crippen molar-refractivity contribution in [1.29, 1.82) is 0 Å². The molecule has 2 heterocycles. The highest BCUT2D eigenvalue weighted by molar-refractivity contribution is 7.98. The summed E-state index contributed by atoms with van der Waals surface area (Å²) in [5.74, 6) is 1.57. The Labute approximate surface area is 126 Å². The number of aromatic amines is 1. The predicted octanol–water partition coefficient (Wildman–Crippen LogP) is 2.63. The van der Waals surface area contributed by atoms with Gasteiger partial charge in [-0.2, -0.15) is 0 Å². The average molecular weight is 301 g/mol. The predicted molar refractivity (Wildman–Crippen MR) is 83.3 cm³/mol. The van der Waals surface area contributed by atoms with E-state index in [1.54, 1.807) is 18.1 Å². The molecule has 6 nitrogen and oxygen atoms in total. The van der Waals surface area contributed by atoms with Gasteiger partial charge in [-0.1, -0.05) is 11.8 Å². The van der Waals surface area contributed by atoms with Gasteiger partial charge in [0.25, 0.3) is 0 Å². The Kier molecular flexibility index (Phi) is 3.92. The van der Waals surface area contributed by atoms with E-state index in [-0.39, 0.29) is 0 Å². The van der Waals surface area contributed by atoms with Crippen molar-refractivity contribution in [1.82, 2.24) is 19.9 Å². The molecule has 1 aromatic carbocycles. The molecule has 0 fully saturated rings. The number of anilines is 1. The van der Waals surface area contributed by atoms with E-state index in [4.69, 9.17) is 10.5 Å². The van der Waals surface area contributed by atoms with E-state index >= 15 is 0 Å². The Morgan fingerprint density at radius 1 is 1.29 bits per heavy atom. The minimum absolute atomic E-state index is 0.625. The maximum atomic E-state index is 5.86.